The van der Waals surface area contributed by atoms with Crippen molar-refractivity contribution in [3.8, 4) is 0 Å². The summed E-state index contributed by atoms with van der Waals surface area (Å²) >= 11 is 0. The first kappa shape index (κ1) is 12.5. The number of nitrogens with one attached hydrogen (secondary N) is 2. The molecule has 1 amide bonds. The number of rotatable bonds is 6. The van der Waals surface area contributed by atoms with Crippen LogP contribution in [0.4, 0.5) is 0 Å². The van der Waals surface area contributed by atoms with Crippen LogP contribution in [0.2, 0.25) is 0 Å². The van der Waals surface area contributed by atoms with Crippen LogP contribution in [0.3, 0.4) is 0 Å². The fourth-order valence-electron chi connectivity index (χ4n) is 1.51. The van der Waals surface area contributed by atoms with Gasteiger partial charge in [0, 0.05) is 12.6 Å². The number of amides is 1. The SMILES string of the molecule is O=C(CNCc1cccc(C(=O)O)n1)NC1CC1. The summed E-state index contributed by atoms with van der Waals surface area (Å²) in [4.78, 5) is 26.0. The first-order valence-corrected chi connectivity index (χ1v) is 5.84. The Morgan fingerprint density at radius 2 is 2.17 bits per heavy atom. The maximum Gasteiger partial charge on any atom is 0.354 e. The van der Waals surface area contributed by atoms with Gasteiger partial charge >= 0.3 is 5.97 Å². The van der Waals surface area contributed by atoms with E-state index < -0.39 is 5.97 Å². The van der Waals surface area contributed by atoms with E-state index >= 15 is 0 Å². The van der Waals surface area contributed by atoms with Crippen LogP contribution in [-0.2, 0) is 11.3 Å². The molecule has 1 saturated carbocycles. The third-order valence-corrected chi connectivity index (χ3v) is 2.56. The third kappa shape index (κ3) is 3.81. The summed E-state index contributed by atoms with van der Waals surface area (Å²) in [6.07, 6.45) is 2.13. The van der Waals surface area contributed by atoms with Crippen LogP contribution in [0.5, 0.6) is 0 Å². The summed E-state index contributed by atoms with van der Waals surface area (Å²) in [7, 11) is 0. The lowest BCUT2D eigenvalue weighted by Gasteiger charge is -2.05. The van der Waals surface area contributed by atoms with Crippen molar-refractivity contribution < 1.29 is 14.7 Å². The maximum atomic E-state index is 11.4. The van der Waals surface area contributed by atoms with E-state index in [2.05, 4.69) is 15.6 Å². The molecule has 3 N–H and O–H groups in total. The van der Waals surface area contributed by atoms with Gasteiger partial charge in [-0.3, -0.25) is 4.79 Å². The molecule has 0 aromatic carbocycles. The first-order chi connectivity index (χ1) is 8.65. The molecule has 0 spiro atoms. The second-order valence-electron chi connectivity index (χ2n) is 4.26. The van der Waals surface area contributed by atoms with Gasteiger partial charge in [0.2, 0.25) is 5.91 Å². The Kier molecular flexibility index (Phi) is 3.88. The first-order valence-electron chi connectivity index (χ1n) is 5.84. The molecule has 0 atom stereocenters. The highest BCUT2D eigenvalue weighted by atomic mass is 16.4. The number of nitrogens with zero attached hydrogens (tertiary/aromatic N) is 1. The van der Waals surface area contributed by atoms with Crippen molar-refractivity contribution in [2.75, 3.05) is 6.54 Å². The lowest BCUT2D eigenvalue weighted by molar-refractivity contribution is -0.120. The second-order valence-corrected chi connectivity index (χ2v) is 4.26. The minimum atomic E-state index is -1.05. The molecule has 96 valence electrons. The van der Waals surface area contributed by atoms with Gasteiger partial charge in [0.25, 0.3) is 0 Å². The normalized spacial score (nSPS) is 14.2. The Morgan fingerprint density at radius 3 is 2.83 bits per heavy atom. The van der Waals surface area contributed by atoms with E-state index in [4.69, 9.17) is 5.11 Å². The molecule has 18 heavy (non-hydrogen) atoms. The van der Waals surface area contributed by atoms with Gasteiger partial charge in [-0.2, -0.15) is 0 Å². The van der Waals surface area contributed by atoms with E-state index in [1.54, 1.807) is 12.1 Å². The molecule has 1 heterocycles. The summed E-state index contributed by atoms with van der Waals surface area (Å²) in [5.41, 5.74) is 0.617. The van der Waals surface area contributed by atoms with Crippen LogP contribution in [0.1, 0.15) is 29.0 Å². The van der Waals surface area contributed by atoms with Crippen molar-refractivity contribution in [3.63, 3.8) is 0 Å². The van der Waals surface area contributed by atoms with Gasteiger partial charge in [0.15, 0.2) is 0 Å². The van der Waals surface area contributed by atoms with E-state index in [0.29, 0.717) is 18.3 Å². The maximum absolute atomic E-state index is 11.4. The molecule has 1 aromatic heterocycles. The van der Waals surface area contributed by atoms with Crippen molar-refractivity contribution in [2.24, 2.45) is 0 Å². The Labute approximate surface area is 104 Å². The van der Waals surface area contributed by atoms with E-state index in [1.165, 1.54) is 6.07 Å². The van der Waals surface area contributed by atoms with Gasteiger partial charge < -0.3 is 15.7 Å². The van der Waals surface area contributed by atoms with Gasteiger partial charge in [0.05, 0.1) is 12.2 Å². The number of hydrogen-bond acceptors (Lipinski definition) is 4. The van der Waals surface area contributed by atoms with Crippen molar-refractivity contribution in [3.05, 3.63) is 29.6 Å². The average molecular weight is 249 g/mol. The quantitative estimate of drug-likeness (QED) is 0.667. The van der Waals surface area contributed by atoms with Gasteiger partial charge in [-0.05, 0) is 25.0 Å². The molecule has 2 rings (SSSR count). The zero-order valence-corrected chi connectivity index (χ0v) is 9.85. The largest absolute Gasteiger partial charge is 0.477 e. The van der Waals surface area contributed by atoms with Crippen molar-refractivity contribution in [1.82, 2.24) is 15.6 Å². The lowest BCUT2D eigenvalue weighted by Crippen LogP contribution is -2.34. The van der Waals surface area contributed by atoms with Gasteiger partial charge in [-0.1, -0.05) is 6.07 Å². The van der Waals surface area contributed by atoms with Crippen molar-refractivity contribution in [2.45, 2.75) is 25.4 Å². The topological polar surface area (TPSA) is 91.3 Å². The number of carbonyl (C=O) groups excluding carboxylic acids is 1. The van der Waals surface area contributed by atoms with Crippen LogP contribution in [0, 0.1) is 0 Å². The van der Waals surface area contributed by atoms with Gasteiger partial charge in [0.1, 0.15) is 5.69 Å². The highest BCUT2D eigenvalue weighted by Crippen LogP contribution is 2.18. The fraction of sp³-hybridized carbons (Fsp3) is 0.417. The minimum Gasteiger partial charge on any atom is -0.477 e. The number of carboxylic acid groups (broad SMARTS) is 1. The molecule has 0 saturated heterocycles. The Morgan fingerprint density at radius 1 is 1.39 bits per heavy atom. The lowest BCUT2D eigenvalue weighted by atomic mass is 10.3. The van der Waals surface area contributed by atoms with Crippen LogP contribution >= 0.6 is 0 Å². The molecule has 1 fully saturated rings. The minimum absolute atomic E-state index is 0.0109. The molecular formula is C12H15N3O3. The highest BCUT2D eigenvalue weighted by molar-refractivity contribution is 5.85. The second kappa shape index (κ2) is 5.59. The van der Waals surface area contributed by atoms with Crippen LogP contribution in [0.25, 0.3) is 0 Å². The van der Waals surface area contributed by atoms with Gasteiger partial charge in [-0.15, -0.1) is 0 Å². The number of carboxylic acids is 1. The Bertz CT molecular complexity index is 458. The van der Waals surface area contributed by atoms with E-state index in [-0.39, 0.29) is 18.1 Å². The molecule has 0 bridgehead atoms. The number of carbonyl (C=O) groups is 2. The number of hydrogen-bond donors (Lipinski definition) is 3. The molecule has 0 radical (unpaired) electrons. The monoisotopic (exact) mass is 249 g/mol. The predicted molar refractivity (Wildman–Crippen MR) is 64.1 cm³/mol. The van der Waals surface area contributed by atoms with E-state index in [9.17, 15) is 9.59 Å². The summed E-state index contributed by atoms with van der Waals surface area (Å²) in [5.74, 6) is -1.09. The highest BCUT2D eigenvalue weighted by Gasteiger charge is 2.22. The van der Waals surface area contributed by atoms with Crippen LogP contribution in [0.15, 0.2) is 18.2 Å². The van der Waals surface area contributed by atoms with Crippen LogP contribution < -0.4 is 10.6 Å². The zero-order chi connectivity index (χ0) is 13.0. The molecule has 1 aliphatic rings. The Hall–Kier alpha value is -1.95. The van der Waals surface area contributed by atoms with Crippen molar-refractivity contribution in [1.29, 1.82) is 0 Å². The molecule has 1 aromatic rings. The zero-order valence-electron chi connectivity index (χ0n) is 9.85. The molecule has 0 unspecified atom stereocenters. The van der Waals surface area contributed by atoms with E-state index in [1.807, 2.05) is 0 Å². The fourth-order valence-corrected chi connectivity index (χ4v) is 1.51. The predicted octanol–water partition coefficient (Wildman–Crippen LogP) is 0.148. The molecule has 6 nitrogen and oxygen atoms in total. The third-order valence-electron chi connectivity index (χ3n) is 2.56. The standard InChI is InChI=1S/C12H15N3O3/c16-11(15-8-4-5-8)7-13-6-9-2-1-3-10(14-9)12(17)18/h1-3,8,13H,4-7H2,(H,15,16)(H,17,18). The van der Waals surface area contributed by atoms with E-state index in [0.717, 1.165) is 12.8 Å². The smallest absolute Gasteiger partial charge is 0.354 e. The number of pyridine rings is 1. The number of aromatic nitrogens is 1. The summed E-state index contributed by atoms with van der Waals surface area (Å²) in [5, 5.41) is 14.6. The molecule has 6 heteroatoms. The van der Waals surface area contributed by atoms with Crippen LogP contribution in [-0.4, -0.2) is 34.6 Å². The number of aromatic carboxylic acids is 1. The van der Waals surface area contributed by atoms with Gasteiger partial charge in [-0.25, -0.2) is 9.78 Å². The Balaban J connectivity index is 1.76. The summed E-state index contributed by atoms with van der Waals surface area (Å²) < 4.78 is 0. The average Bonchev–Trinajstić information content (AvgIpc) is 3.13. The summed E-state index contributed by atoms with van der Waals surface area (Å²) in [6.45, 7) is 0.592. The molecule has 1 aliphatic carbocycles. The summed E-state index contributed by atoms with van der Waals surface area (Å²) in [6, 6.07) is 5.15. The molecule has 0 aliphatic heterocycles. The molecular weight excluding hydrogens is 234 g/mol. The van der Waals surface area contributed by atoms with Crippen molar-refractivity contribution >= 4 is 11.9 Å².